The molecule has 0 spiro atoms. The van der Waals surface area contributed by atoms with Gasteiger partial charge in [0.25, 0.3) is 0 Å². The number of nitrogens with zero attached hydrogens (tertiary/aromatic N) is 5. The van der Waals surface area contributed by atoms with E-state index in [1.807, 2.05) is 42.1 Å². The zero-order valence-electron chi connectivity index (χ0n) is 22.1. The molecule has 9 heteroatoms. The number of fused-ring (bicyclic) bond motifs is 1. The van der Waals surface area contributed by atoms with Crippen molar-refractivity contribution in [2.75, 3.05) is 31.5 Å². The molecule has 0 aliphatic carbocycles. The highest BCUT2D eigenvalue weighted by molar-refractivity contribution is 7.99. The topological polar surface area (TPSA) is 81.8 Å². The fourth-order valence-corrected chi connectivity index (χ4v) is 5.98. The number of benzene rings is 3. The second-order valence-corrected chi connectivity index (χ2v) is 11.2. The van der Waals surface area contributed by atoms with Gasteiger partial charge in [-0.15, -0.1) is 0 Å². The summed E-state index contributed by atoms with van der Waals surface area (Å²) in [5.41, 5.74) is 6.34. The number of nitrogens with one attached hydrogen (secondary N) is 2. The van der Waals surface area contributed by atoms with Gasteiger partial charge in [-0.2, -0.15) is 5.26 Å². The first kappa shape index (κ1) is 26.4. The molecule has 0 amide bonds. The Bertz CT molecular complexity index is 1700. The number of imidazole rings is 1. The Hall–Kier alpha value is -3.87. The van der Waals surface area contributed by atoms with Crippen molar-refractivity contribution in [2.24, 2.45) is 7.05 Å². The first-order chi connectivity index (χ1) is 19.6. The van der Waals surface area contributed by atoms with E-state index in [4.69, 9.17) is 11.6 Å². The molecule has 0 saturated carbocycles. The van der Waals surface area contributed by atoms with Gasteiger partial charge < -0.3 is 15.2 Å². The van der Waals surface area contributed by atoms with Crippen LogP contribution >= 0.6 is 23.4 Å². The van der Waals surface area contributed by atoms with Gasteiger partial charge in [0.15, 0.2) is 5.16 Å². The lowest BCUT2D eigenvalue weighted by molar-refractivity contribution is 0.233. The van der Waals surface area contributed by atoms with E-state index in [0.29, 0.717) is 16.3 Å². The van der Waals surface area contributed by atoms with E-state index in [2.05, 4.69) is 68.0 Å². The third-order valence-electron chi connectivity index (χ3n) is 7.07. The molecule has 2 aromatic heterocycles. The average molecular weight is 566 g/mol. The van der Waals surface area contributed by atoms with Gasteiger partial charge >= 0.3 is 0 Å². The number of aryl methyl sites for hydroxylation is 1. The van der Waals surface area contributed by atoms with Crippen LogP contribution in [0.15, 0.2) is 89.3 Å². The molecule has 40 heavy (non-hydrogen) atoms. The van der Waals surface area contributed by atoms with Crippen molar-refractivity contribution >= 4 is 45.6 Å². The maximum atomic E-state index is 9.82. The van der Waals surface area contributed by atoms with E-state index < -0.39 is 0 Å². The number of halogens is 1. The highest BCUT2D eigenvalue weighted by atomic mass is 35.5. The Labute approximate surface area is 242 Å². The van der Waals surface area contributed by atoms with Gasteiger partial charge in [-0.1, -0.05) is 59.8 Å². The summed E-state index contributed by atoms with van der Waals surface area (Å²) in [6.45, 7) is 5.24. The summed E-state index contributed by atoms with van der Waals surface area (Å²) in [5, 5.41) is 19.0. The zero-order valence-corrected chi connectivity index (χ0v) is 23.6. The lowest BCUT2D eigenvalue weighted by Gasteiger charge is -2.27. The van der Waals surface area contributed by atoms with Gasteiger partial charge in [-0.05, 0) is 41.0 Å². The Morgan fingerprint density at radius 3 is 2.55 bits per heavy atom. The number of anilines is 2. The molecular formula is C31H28ClN7S. The van der Waals surface area contributed by atoms with Crippen molar-refractivity contribution < 1.29 is 0 Å². The van der Waals surface area contributed by atoms with Crippen molar-refractivity contribution in [3.63, 3.8) is 0 Å². The van der Waals surface area contributed by atoms with Gasteiger partial charge in [0, 0.05) is 74.3 Å². The van der Waals surface area contributed by atoms with Gasteiger partial charge in [0.05, 0.1) is 21.8 Å². The summed E-state index contributed by atoms with van der Waals surface area (Å²) in [5.74, 6) is 0. The molecule has 0 atom stereocenters. The number of aromatic nitrogens is 3. The van der Waals surface area contributed by atoms with Gasteiger partial charge in [0.2, 0.25) is 0 Å². The molecule has 200 valence electrons. The monoisotopic (exact) mass is 565 g/mol. The fourth-order valence-electron chi connectivity index (χ4n) is 4.88. The predicted octanol–water partition coefficient (Wildman–Crippen LogP) is 6.46. The molecule has 0 bridgehead atoms. The summed E-state index contributed by atoms with van der Waals surface area (Å²) in [4.78, 5) is 12.4. The van der Waals surface area contributed by atoms with Crippen LogP contribution < -0.4 is 10.6 Å². The predicted molar refractivity (Wildman–Crippen MR) is 162 cm³/mol. The SMILES string of the molecule is Cn1ccnc1Sc1ccc(Nc2c(C#N)cnc3cc(-c4ccc(CN5CCNCC5)cc4)ccc23)cc1Cl. The van der Waals surface area contributed by atoms with E-state index in [1.165, 1.54) is 17.3 Å². The van der Waals surface area contributed by atoms with Crippen molar-refractivity contribution in [1.29, 1.82) is 5.26 Å². The van der Waals surface area contributed by atoms with Crippen LogP contribution in [-0.2, 0) is 13.6 Å². The highest BCUT2D eigenvalue weighted by Gasteiger charge is 2.14. The van der Waals surface area contributed by atoms with Crippen molar-refractivity contribution in [3.8, 4) is 17.2 Å². The summed E-state index contributed by atoms with van der Waals surface area (Å²) in [6, 6.07) is 23.0. The van der Waals surface area contributed by atoms with Crippen LogP contribution in [0.25, 0.3) is 22.0 Å². The van der Waals surface area contributed by atoms with Crippen LogP contribution in [0.2, 0.25) is 5.02 Å². The minimum absolute atomic E-state index is 0.472. The molecular weight excluding hydrogens is 538 g/mol. The summed E-state index contributed by atoms with van der Waals surface area (Å²) >= 11 is 8.14. The number of piperazine rings is 1. The quantitative estimate of drug-likeness (QED) is 0.234. The molecule has 1 aliphatic rings. The van der Waals surface area contributed by atoms with Crippen LogP contribution in [0.4, 0.5) is 11.4 Å². The minimum atomic E-state index is 0.472. The van der Waals surface area contributed by atoms with Crippen molar-refractivity contribution in [2.45, 2.75) is 16.6 Å². The van der Waals surface area contributed by atoms with E-state index in [9.17, 15) is 5.26 Å². The van der Waals surface area contributed by atoms with Crippen LogP contribution in [0.3, 0.4) is 0 Å². The number of pyridine rings is 1. The van der Waals surface area contributed by atoms with Crippen molar-refractivity contribution in [1.82, 2.24) is 24.8 Å². The number of hydrogen-bond donors (Lipinski definition) is 2. The normalized spacial score (nSPS) is 13.8. The molecule has 1 saturated heterocycles. The second kappa shape index (κ2) is 11.7. The zero-order chi connectivity index (χ0) is 27.5. The second-order valence-electron chi connectivity index (χ2n) is 9.81. The van der Waals surface area contributed by atoms with E-state index in [1.54, 1.807) is 12.4 Å². The number of nitriles is 1. The lowest BCUT2D eigenvalue weighted by atomic mass is 10.0. The molecule has 2 N–H and O–H groups in total. The molecule has 3 aromatic carbocycles. The van der Waals surface area contributed by atoms with E-state index >= 15 is 0 Å². The Balaban J connectivity index is 1.24. The first-order valence-electron chi connectivity index (χ1n) is 13.1. The number of rotatable bonds is 7. The average Bonchev–Trinajstić information content (AvgIpc) is 3.39. The molecule has 5 aromatic rings. The van der Waals surface area contributed by atoms with E-state index in [-0.39, 0.29) is 0 Å². The third kappa shape index (κ3) is 5.69. The van der Waals surface area contributed by atoms with Gasteiger partial charge in [-0.3, -0.25) is 9.88 Å². The molecule has 7 nitrogen and oxygen atoms in total. The largest absolute Gasteiger partial charge is 0.354 e. The summed E-state index contributed by atoms with van der Waals surface area (Å²) in [7, 11) is 1.95. The Morgan fingerprint density at radius 1 is 1.02 bits per heavy atom. The van der Waals surface area contributed by atoms with Gasteiger partial charge in [-0.25, -0.2) is 4.98 Å². The fraction of sp³-hybridized carbons (Fsp3) is 0.194. The first-order valence-corrected chi connectivity index (χ1v) is 14.3. The smallest absolute Gasteiger partial charge is 0.172 e. The van der Waals surface area contributed by atoms with Crippen LogP contribution in [0.5, 0.6) is 0 Å². The Kier molecular flexibility index (Phi) is 7.71. The highest BCUT2D eigenvalue weighted by Crippen LogP contribution is 2.36. The van der Waals surface area contributed by atoms with Gasteiger partial charge in [0.1, 0.15) is 6.07 Å². The standard InChI is InChI=1S/C31H28ClN7S/c1-38-13-12-35-31(38)40-29-9-7-25(17-27(29)32)37-30-24(18-33)19-36-28-16-23(6-8-26(28)30)22-4-2-21(3-5-22)20-39-14-10-34-11-15-39/h2-9,12-13,16-17,19,34H,10-11,14-15,20H2,1H3,(H,36,37). The van der Waals surface area contributed by atoms with Crippen molar-refractivity contribution in [3.05, 3.63) is 95.4 Å². The molecule has 1 aliphatic heterocycles. The molecule has 1 fully saturated rings. The summed E-state index contributed by atoms with van der Waals surface area (Å²) < 4.78 is 1.95. The van der Waals surface area contributed by atoms with Crippen LogP contribution in [0, 0.1) is 11.3 Å². The van der Waals surface area contributed by atoms with E-state index in [0.717, 1.165) is 70.5 Å². The third-order valence-corrected chi connectivity index (χ3v) is 8.65. The summed E-state index contributed by atoms with van der Waals surface area (Å²) in [6.07, 6.45) is 5.29. The molecule has 0 unspecified atom stereocenters. The van der Waals surface area contributed by atoms with Crippen LogP contribution in [-0.4, -0.2) is 45.6 Å². The maximum Gasteiger partial charge on any atom is 0.172 e. The Morgan fingerprint density at radius 2 is 1.82 bits per heavy atom. The molecule has 0 radical (unpaired) electrons. The lowest BCUT2D eigenvalue weighted by Crippen LogP contribution is -2.42. The molecule has 6 rings (SSSR count). The number of hydrogen-bond acceptors (Lipinski definition) is 7. The molecule has 3 heterocycles. The van der Waals surface area contributed by atoms with Crippen LogP contribution in [0.1, 0.15) is 11.1 Å². The minimum Gasteiger partial charge on any atom is -0.354 e. The maximum absolute atomic E-state index is 9.82.